The number of para-hydroxylation sites is 2. The van der Waals surface area contributed by atoms with E-state index in [1.807, 2.05) is 49.4 Å². The molecule has 0 aliphatic carbocycles. The quantitative estimate of drug-likeness (QED) is 0.156. The molecule has 0 unspecified atom stereocenters. The van der Waals surface area contributed by atoms with Crippen molar-refractivity contribution < 1.29 is 38.9 Å². The molecule has 4 aromatic rings. The summed E-state index contributed by atoms with van der Waals surface area (Å²) in [7, 11) is 0. The minimum absolute atomic E-state index is 0.151. The Morgan fingerprint density at radius 2 is 1.14 bits per heavy atom. The van der Waals surface area contributed by atoms with Crippen molar-refractivity contribution in [3.05, 3.63) is 120 Å². The van der Waals surface area contributed by atoms with Crippen LogP contribution in [0.15, 0.2) is 113 Å². The third kappa shape index (κ3) is 8.34. The van der Waals surface area contributed by atoms with Gasteiger partial charge in [-0.3, -0.25) is 20.2 Å². The van der Waals surface area contributed by atoms with Crippen LogP contribution >= 0.6 is 23.5 Å². The summed E-state index contributed by atoms with van der Waals surface area (Å²) in [6.45, 7) is 0.792. The highest BCUT2D eigenvalue weighted by Crippen LogP contribution is 2.42. The first kappa shape index (κ1) is 35.7. The van der Waals surface area contributed by atoms with E-state index < -0.39 is 23.0 Å². The number of aryl methyl sites for hydroxylation is 1. The lowest BCUT2D eigenvalue weighted by molar-refractivity contribution is 0.0386. The van der Waals surface area contributed by atoms with E-state index in [9.17, 15) is 29.4 Å². The van der Waals surface area contributed by atoms with Gasteiger partial charge in [0.1, 0.15) is 18.6 Å². The molecule has 0 radical (unpaired) electrons. The molecule has 2 heterocycles. The van der Waals surface area contributed by atoms with Gasteiger partial charge in [-0.05, 0) is 48.9 Å². The minimum Gasteiger partial charge on any atom is -0.448 e. The van der Waals surface area contributed by atoms with Gasteiger partial charge in [-0.1, -0.05) is 66.7 Å². The van der Waals surface area contributed by atoms with E-state index in [4.69, 9.17) is 9.47 Å². The Labute approximate surface area is 292 Å². The number of fused-ring (bicyclic) bond motifs is 2. The number of hydrogen-bond donors (Lipinski definition) is 4. The predicted octanol–water partition coefficient (Wildman–Crippen LogP) is 6.71. The number of anilines is 2. The first-order valence-corrected chi connectivity index (χ1v) is 17.4. The lowest BCUT2D eigenvalue weighted by Crippen LogP contribution is -2.46. The second-order valence-electron chi connectivity index (χ2n) is 11.7. The number of carbonyl (C=O) groups excluding carboxylic acids is 4. The molecule has 2 aliphatic rings. The van der Waals surface area contributed by atoms with Crippen molar-refractivity contribution in [2.75, 3.05) is 48.6 Å². The average Bonchev–Trinajstić information content (AvgIpc) is 3.13. The molecule has 2 amide bonds. The Morgan fingerprint density at radius 3 is 1.71 bits per heavy atom. The molecule has 0 spiro atoms. The van der Waals surface area contributed by atoms with Crippen molar-refractivity contribution in [3.8, 4) is 0 Å². The van der Waals surface area contributed by atoms with Crippen LogP contribution in [-0.4, -0.2) is 71.9 Å². The number of aliphatic hydroxyl groups is 2. The second kappa shape index (κ2) is 16.2. The Kier molecular flexibility index (Phi) is 11.8. The van der Waals surface area contributed by atoms with Gasteiger partial charge < -0.3 is 19.7 Å². The van der Waals surface area contributed by atoms with Crippen LogP contribution in [-0.2, 0) is 9.47 Å². The van der Waals surface area contributed by atoms with Crippen LogP contribution in [0, 0.1) is 17.8 Å². The third-order valence-electron chi connectivity index (χ3n) is 8.17. The highest BCUT2D eigenvalue weighted by molar-refractivity contribution is 7.99. The molecule has 0 aromatic heterocycles. The van der Waals surface area contributed by atoms with Gasteiger partial charge in [0.2, 0.25) is 0 Å². The molecular formula is C37H36N2O8S2. The number of Topliss-reactive ketones (excluding diaryl/α,β-unsaturated/α-hetero) is 2. The molecule has 0 saturated carbocycles. The van der Waals surface area contributed by atoms with Gasteiger partial charge in [0, 0.05) is 43.8 Å². The van der Waals surface area contributed by atoms with Crippen LogP contribution < -0.4 is 10.6 Å². The number of aliphatic hydroxyl groups excluding tert-OH is 2. The van der Waals surface area contributed by atoms with E-state index in [2.05, 4.69) is 10.6 Å². The largest absolute Gasteiger partial charge is 0.448 e. The highest BCUT2D eigenvalue weighted by Gasteiger charge is 2.46. The fraction of sp³-hybridized carbons (Fsp3) is 0.243. The van der Waals surface area contributed by atoms with Gasteiger partial charge in [-0.15, -0.1) is 23.5 Å². The zero-order valence-electron chi connectivity index (χ0n) is 26.7. The molecule has 0 saturated heterocycles. The fourth-order valence-electron chi connectivity index (χ4n) is 5.25. The molecule has 12 heteroatoms. The number of rotatable bonds is 8. The summed E-state index contributed by atoms with van der Waals surface area (Å²) < 4.78 is 10.9. The van der Waals surface area contributed by atoms with Crippen LogP contribution in [0.4, 0.5) is 21.0 Å². The molecule has 0 atom stereocenters. The number of ether oxygens (including phenoxy) is 2. The molecule has 4 aromatic carbocycles. The molecule has 254 valence electrons. The number of amides is 2. The summed E-state index contributed by atoms with van der Waals surface area (Å²) in [4.78, 5) is 52.4. The van der Waals surface area contributed by atoms with E-state index in [1.54, 1.807) is 60.7 Å². The summed E-state index contributed by atoms with van der Waals surface area (Å²) in [6, 6.07) is 30.7. The second-order valence-corrected chi connectivity index (χ2v) is 13.7. The van der Waals surface area contributed by atoms with Crippen molar-refractivity contribution in [2.45, 2.75) is 16.7 Å². The smallest absolute Gasteiger partial charge is 0.411 e. The van der Waals surface area contributed by atoms with Crippen molar-refractivity contribution in [1.82, 2.24) is 0 Å². The Morgan fingerprint density at radius 1 is 0.653 bits per heavy atom. The predicted molar refractivity (Wildman–Crippen MR) is 190 cm³/mol. The SMILES string of the molecule is Cc1cccc2c1C(=O)C(COC(=O)Nc1ccccc1)(COC(=O)Nc1ccccc1)CS2.O=C1c2ccccc2SCC1(CO)CO. The number of benzene rings is 4. The maximum absolute atomic E-state index is 13.7. The number of carbonyl (C=O) groups is 4. The Bertz CT molecular complexity index is 1740. The molecule has 49 heavy (non-hydrogen) atoms. The van der Waals surface area contributed by atoms with E-state index in [0.29, 0.717) is 34.0 Å². The summed E-state index contributed by atoms with van der Waals surface area (Å²) in [6.07, 6.45) is -1.37. The van der Waals surface area contributed by atoms with E-state index in [0.717, 1.165) is 15.4 Å². The van der Waals surface area contributed by atoms with E-state index in [-0.39, 0.29) is 38.0 Å². The summed E-state index contributed by atoms with van der Waals surface area (Å²) in [5, 5.41) is 23.8. The Balaban J connectivity index is 0.000000259. The van der Waals surface area contributed by atoms with Crippen molar-refractivity contribution >= 4 is 58.7 Å². The maximum atomic E-state index is 13.7. The highest BCUT2D eigenvalue weighted by atomic mass is 32.2. The summed E-state index contributed by atoms with van der Waals surface area (Å²) in [5.41, 5.74) is 0.928. The molecule has 4 N–H and O–H groups in total. The average molecular weight is 701 g/mol. The number of hydrogen-bond acceptors (Lipinski definition) is 10. The topological polar surface area (TPSA) is 151 Å². The molecule has 6 rings (SSSR count). The molecule has 0 bridgehead atoms. The molecule has 0 fully saturated rings. The van der Waals surface area contributed by atoms with Gasteiger partial charge >= 0.3 is 12.2 Å². The maximum Gasteiger partial charge on any atom is 0.411 e. The number of ketones is 2. The van der Waals surface area contributed by atoms with Gasteiger partial charge in [-0.25, -0.2) is 9.59 Å². The monoisotopic (exact) mass is 700 g/mol. The zero-order chi connectivity index (χ0) is 34.9. The lowest BCUT2D eigenvalue weighted by Gasteiger charge is -2.35. The van der Waals surface area contributed by atoms with Crippen LogP contribution in [0.3, 0.4) is 0 Å². The van der Waals surface area contributed by atoms with Crippen LogP contribution in [0.2, 0.25) is 0 Å². The van der Waals surface area contributed by atoms with Gasteiger partial charge in [0.25, 0.3) is 0 Å². The summed E-state index contributed by atoms with van der Waals surface area (Å²) >= 11 is 2.99. The summed E-state index contributed by atoms with van der Waals surface area (Å²) in [5.74, 6) is 0.385. The number of nitrogens with one attached hydrogen (secondary N) is 2. The number of thioether (sulfide) groups is 2. The minimum atomic E-state index is -1.22. The van der Waals surface area contributed by atoms with E-state index in [1.165, 1.54) is 23.5 Å². The van der Waals surface area contributed by atoms with Crippen LogP contribution in [0.1, 0.15) is 26.3 Å². The van der Waals surface area contributed by atoms with Crippen molar-refractivity contribution in [3.63, 3.8) is 0 Å². The van der Waals surface area contributed by atoms with Crippen molar-refractivity contribution in [1.29, 1.82) is 0 Å². The standard InChI is InChI=1S/C26H24N2O5S.C11H12O3S/c1-18-9-8-14-21-22(18)23(29)26(17-34-21,15-32-24(30)27-19-10-4-2-5-11-19)16-33-25(31)28-20-12-6-3-7-13-20;12-5-11(6-13)7-15-9-4-2-1-3-8(9)10(11)14/h2-14H,15-17H2,1H3,(H,27,30)(H,28,31);1-4,12-13H,5-7H2. The van der Waals surface area contributed by atoms with Crippen LogP contribution in [0.5, 0.6) is 0 Å². The first-order chi connectivity index (χ1) is 23.7. The van der Waals surface area contributed by atoms with E-state index >= 15 is 0 Å². The third-order valence-corrected chi connectivity index (χ3v) is 10.9. The normalized spacial score (nSPS) is 15.4. The Hall–Kier alpha value is -4.62. The van der Waals surface area contributed by atoms with Gasteiger partial charge in [0.15, 0.2) is 11.6 Å². The molecule has 10 nitrogen and oxygen atoms in total. The van der Waals surface area contributed by atoms with Gasteiger partial charge in [0.05, 0.1) is 18.6 Å². The van der Waals surface area contributed by atoms with Gasteiger partial charge in [-0.2, -0.15) is 0 Å². The lowest BCUT2D eigenvalue weighted by atomic mass is 9.81. The van der Waals surface area contributed by atoms with Crippen LogP contribution in [0.25, 0.3) is 0 Å². The van der Waals surface area contributed by atoms with Crippen molar-refractivity contribution in [2.24, 2.45) is 10.8 Å². The molecule has 2 aliphatic heterocycles. The first-order valence-electron chi connectivity index (χ1n) is 15.4. The zero-order valence-corrected chi connectivity index (χ0v) is 28.4. The fourth-order valence-corrected chi connectivity index (χ4v) is 7.78. The molecular weight excluding hydrogens is 665 g/mol.